The molecule has 2 N–H and O–H groups in total. The van der Waals surface area contributed by atoms with Crippen LogP contribution in [0.3, 0.4) is 0 Å². The lowest BCUT2D eigenvalue weighted by Crippen LogP contribution is -2.42. The molecule has 3 aromatic rings. The second-order valence-electron chi connectivity index (χ2n) is 11.4. The maximum Gasteiger partial charge on any atom is 0.411 e. The Morgan fingerprint density at radius 2 is 1.61 bits per heavy atom. The third kappa shape index (κ3) is 9.84. The van der Waals surface area contributed by atoms with Gasteiger partial charge in [0.05, 0.1) is 11.3 Å². The first-order chi connectivity index (χ1) is 21.3. The Morgan fingerprint density at radius 1 is 0.886 bits per heavy atom. The average molecular weight is 601 g/mol. The molecule has 1 aliphatic heterocycles. The van der Waals surface area contributed by atoms with Crippen LogP contribution in [0.25, 0.3) is 11.1 Å². The predicted octanol–water partition coefficient (Wildman–Crippen LogP) is 6.22. The zero-order valence-electron chi connectivity index (χ0n) is 25.8. The van der Waals surface area contributed by atoms with Crippen molar-refractivity contribution in [3.05, 3.63) is 84.4 Å². The van der Waals surface area contributed by atoms with E-state index < -0.39 is 12.1 Å². The highest BCUT2D eigenvalue weighted by Crippen LogP contribution is 2.28. The molecule has 1 heterocycles. The Hall–Kier alpha value is -4.37. The molecule has 0 bridgehead atoms. The monoisotopic (exact) mass is 600 g/mol. The van der Waals surface area contributed by atoms with Crippen molar-refractivity contribution in [3.63, 3.8) is 0 Å². The number of hydrogen-bond acceptors (Lipinski definition) is 6. The van der Waals surface area contributed by atoms with Crippen molar-refractivity contribution in [2.45, 2.75) is 44.6 Å². The Balaban J connectivity index is 1.08. The fraction of sp³-hybridized carbons (Fsp3) is 0.400. The Kier molecular flexibility index (Phi) is 12.2. The summed E-state index contributed by atoms with van der Waals surface area (Å²) in [6.07, 6.45) is 4.17. The summed E-state index contributed by atoms with van der Waals surface area (Å²) in [5, 5.41) is 12.1. The molecule has 0 atom stereocenters. The van der Waals surface area contributed by atoms with Crippen molar-refractivity contribution >= 4 is 29.3 Å². The molecule has 0 aromatic heterocycles. The number of benzene rings is 3. The number of rotatable bonds is 14. The zero-order valence-corrected chi connectivity index (χ0v) is 25.8. The summed E-state index contributed by atoms with van der Waals surface area (Å²) in [6.45, 7) is 3.91. The number of likely N-dealkylation sites (N-methyl/N-ethyl adjacent to an activating group) is 1. The first-order valence-electron chi connectivity index (χ1n) is 15.4. The lowest BCUT2D eigenvalue weighted by atomic mass is 10.0. The number of para-hydroxylation sites is 1. The summed E-state index contributed by atoms with van der Waals surface area (Å²) >= 11 is 0. The van der Waals surface area contributed by atoms with E-state index in [2.05, 4.69) is 10.2 Å². The van der Waals surface area contributed by atoms with Crippen LogP contribution in [0, 0.1) is 0 Å². The molecule has 1 aliphatic rings. The van der Waals surface area contributed by atoms with Crippen LogP contribution in [-0.2, 0) is 9.53 Å². The minimum Gasteiger partial charge on any atom is -0.478 e. The molecular weight excluding hydrogens is 556 g/mol. The number of nitrogens with zero attached hydrogens (tertiary/aromatic N) is 3. The largest absolute Gasteiger partial charge is 0.478 e. The van der Waals surface area contributed by atoms with E-state index in [4.69, 9.17) is 4.74 Å². The number of ether oxygens (including phenoxy) is 1. The number of anilines is 2. The van der Waals surface area contributed by atoms with Gasteiger partial charge in [-0.15, -0.1) is 0 Å². The highest BCUT2D eigenvalue weighted by molar-refractivity contribution is 5.91. The summed E-state index contributed by atoms with van der Waals surface area (Å²) in [7, 11) is 3.81. The quantitative estimate of drug-likeness (QED) is 0.212. The fourth-order valence-electron chi connectivity index (χ4n) is 5.42. The minimum atomic E-state index is -0.928. The van der Waals surface area contributed by atoms with Crippen LogP contribution in [0.5, 0.6) is 0 Å². The topological polar surface area (TPSA) is 102 Å². The minimum absolute atomic E-state index is 0.130. The molecule has 0 spiro atoms. The lowest BCUT2D eigenvalue weighted by Gasteiger charge is -2.32. The first-order valence-corrected chi connectivity index (χ1v) is 15.4. The standard InChI is InChI=1S/C35H44N4O5/c1-37(29-15-11-14-28(26-29)34(41)42)21-10-4-7-18-33(40)38(2)24-25-39-22-19-30(20-23-39)44-35(43)36-32-17-9-8-16-31(32)27-12-5-3-6-13-27/h3,5-6,8-9,11-17,26,30H,4,7,10,18-25H2,1-2H3,(H,36,43)(H,41,42). The van der Waals surface area contributed by atoms with Crippen LogP contribution in [0.1, 0.15) is 48.9 Å². The number of hydrogen-bond donors (Lipinski definition) is 2. The number of carbonyl (C=O) groups is 3. The highest BCUT2D eigenvalue weighted by atomic mass is 16.6. The van der Waals surface area contributed by atoms with Crippen molar-refractivity contribution in [2.24, 2.45) is 0 Å². The molecule has 0 saturated carbocycles. The van der Waals surface area contributed by atoms with Gasteiger partial charge in [0.25, 0.3) is 0 Å². The number of piperidine rings is 1. The fourth-order valence-corrected chi connectivity index (χ4v) is 5.42. The molecule has 0 unspecified atom stereocenters. The number of aromatic carboxylic acids is 1. The van der Waals surface area contributed by atoms with E-state index in [-0.39, 0.29) is 17.6 Å². The lowest BCUT2D eigenvalue weighted by molar-refractivity contribution is -0.130. The van der Waals surface area contributed by atoms with Gasteiger partial charge in [-0.3, -0.25) is 10.1 Å². The zero-order chi connectivity index (χ0) is 31.3. The smallest absolute Gasteiger partial charge is 0.411 e. The van der Waals surface area contributed by atoms with Crippen LogP contribution < -0.4 is 10.2 Å². The number of nitrogens with one attached hydrogen (secondary N) is 1. The van der Waals surface area contributed by atoms with Gasteiger partial charge in [0.2, 0.25) is 5.91 Å². The van der Waals surface area contributed by atoms with Gasteiger partial charge >= 0.3 is 12.1 Å². The molecule has 1 saturated heterocycles. The van der Waals surface area contributed by atoms with Crippen LogP contribution >= 0.6 is 0 Å². The number of likely N-dealkylation sites (tertiary alicyclic amines) is 1. The SMILES string of the molecule is CN(CCN1CCC(OC(=O)Nc2ccccc2-c2ccccc2)CC1)C(=O)CCCCCN(C)c1cccc(C(=O)O)c1. The molecule has 0 radical (unpaired) electrons. The van der Waals surface area contributed by atoms with Gasteiger partial charge in [-0.25, -0.2) is 9.59 Å². The average Bonchev–Trinajstić information content (AvgIpc) is 3.04. The van der Waals surface area contributed by atoms with Gasteiger partial charge in [0.1, 0.15) is 6.10 Å². The van der Waals surface area contributed by atoms with E-state index in [1.165, 1.54) is 0 Å². The normalized spacial score (nSPS) is 13.7. The molecule has 234 valence electrons. The van der Waals surface area contributed by atoms with Crippen molar-refractivity contribution < 1.29 is 24.2 Å². The van der Waals surface area contributed by atoms with Crippen LogP contribution in [0.4, 0.5) is 16.2 Å². The van der Waals surface area contributed by atoms with Gasteiger partial charge < -0.3 is 24.5 Å². The number of amides is 2. The van der Waals surface area contributed by atoms with Crippen molar-refractivity contribution in [1.82, 2.24) is 9.80 Å². The van der Waals surface area contributed by atoms with Crippen LogP contribution in [-0.4, -0.2) is 85.8 Å². The van der Waals surface area contributed by atoms with E-state index in [1.807, 2.05) is 84.6 Å². The van der Waals surface area contributed by atoms with Crippen LogP contribution in [0.15, 0.2) is 78.9 Å². The number of unbranched alkanes of at least 4 members (excludes halogenated alkanes) is 2. The van der Waals surface area contributed by atoms with Crippen molar-refractivity contribution in [3.8, 4) is 11.1 Å². The molecule has 2 amide bonds. The van der Waals surface area contributed by atoms with Crippen LogP contribution in [0.2, 0.25) is 0 Å². The molecule has 44 heavy (non-hydrogen) atoms. The third-order valence-corrected chi connectivity index (χ3v) is 8.15. The van der Waals surface area contributed by atoms with Gasteiger partial charge in [-0.05, 0) is 55.5 Å². The Bertz CT molecular complexity index is 1370. The third-order valence-electron chi connectivity index (χ3n) is 8.15. The molecular formula is C35H44N4O5. The summed E-state index contributed by atoms with van der Waals surface area (Å²) in [4.78, 5) is 42.7. The predicted molar refractivity (Wildman–Crippen MR) is 174 cm³/mol. The summed E-state index contributed by atoms with van der Waals surface area (Å²) in [5.41, 5.74) is 3.87. The maximum atomic E-state index is 12.7. The highest BCUT2D eigenvalue weighted by Gasteiger charge is 2.23. The molecule has 9 heteroatoms. The first kappa shape index (κ1) is 32.5. The van der Waals surface area contributed by atoms with E-state index in [0.29, 0.717) is 13.0 Å². The Labute approximate surface area is 260 Å². The molecule has 3 aromatic carbocycles. The van der Waals surface area contributed by atoms with Gasteiger partial charge in [0, 0.05) is 64.5 Å². The number of carbonyl (C=O) groups excluding carboxylic acids is 2. The Morgan fingerprint density at radius 3 is 2.36 bits per heavy atom. The van der Waals surface area contributed by atoms with Gasteiger partial charge in [-0.1, -0.05) is 61.0 Å². The van der Waals surface area contributed by atoms with E-state index in [0.717, 1.165) is 80.8 Å². The molecule has 4 rings (SSSR count). The van der Waals surface area contributed by atoms with E-state index in [1.54, 1.807) is 18.2 Å². The van der Waals surface area contributed by atoms with E-state index in [9.17, 15) is 19.5 Å². The number of carboxylic acid groups (broad SMARTS) is 1. The molecule has 0 aliphatic carbocycles. The van der Waals surface area contributed by atoms with Crippen molar-refractivity contribution in [2.75, 3.05) is 57.0 Å². The molecule has 9 nitrogen and oxygen atoms in total. The van der Waals surface area contributed by atoms with Gasteiger partial charge in [-0.2, -0.15) is 0 Å². The van der Waals surface area contributed by atoms with Crippen molar-refractivity contribution in [1.29, 1.82) is 0 Å². The van der Waals surface area contributed by atoms with Gasteiger partial charge in [0.15, 0.2) is 0 Å². The second kappa shape index (κ2) is 16.5. The summed E-state index contributed by atoms with van der Waals surface area (Å²) < 4.78 is 5.75. The van der Waals surface area contributed by atoms with E-state index >= 15 is 0 Å². The summed E-state index contributed by atoms with van der Waals surface area (Å²) in [5.74, 6) is -0.777. The summed E-state index contributed by atoms with van der Waals surface area (Å²) in [6, 6.07) is 24.6. The molecule has 1 fully saturated rings. The maximum absolute atomic E-state index is 12.7. The second-order valence-corrected chi connectivity index (χ2v) is 11.4. The number of carboxylic acids is 1.